The van der Waals surface area contributed by atoms with Gasteiger partial charge in [-0.15, -0.1) is 0 Å². The summed E-state index contributed by atoms with van der Waals surface area (Å²) in [6.07, 6.45) is 0. The molecule has 0 fully saturated rings. The molecule has 2 aromatic rings. The number of hydrogen-bond donors (Lipinski definition) is 2. The number of allylic oxidation sites excluding steroid dienone is 1. The highest BCUT2D eigenvalue weighted by Crippen LogP contribution is 2.32. The first kappa shape index (κ1) is 17.4. The molecule has 1 aliphatic heterocycles. The molecule has 0 bridgehead atoms. The van der Waals surface area contributed by atoms with Crippen LogP contribution < -0.4 is 20.1 Å². The van der Waals surface area contributed by atoms with Gasteiger partial charge < -0.3 is 20.1 Å². The first-order valence-corrected chi connectivity index (χ1v) is 8.23. The van der Waals surface area contributed by atoms with Gasteiger partial charge in [0.2, 0.25) is 6.79 Å². The van der Waals surface area contributed by atoms with Crippen LogP contribution in [0.5, 0.6) is 11.5 Å². The van der Waals surface area contributed by atoms with Gasteiger partial charge in [-0.3, -0.25) is 4.79 Å². The molecule has 0 radical (unpaired) electrons. The molecule has 0 spiro atoms. The molecule has 6 heteroatoms. The number of nitrogens with zero attached hydrogens (tertiary/aromatic N) is 1. The minimum atomic E-state index is -0.396. The number of ether oxygens (including phenoxy) is 2. The number of hydrogen-bond acceptors (Lipinski definition) is 5. The minimum absolute atomic E-state index is 0.0710. The lowest BCUT2D eigenvalue weighted by molar-refractivity contribution is -0.117. The summed E-state index contributed by atoms with van der Waals surface area (Å²) in [5, 5.41) is 15.2. The first-order valence-electron chi connectivity index (χ1n) is 8.23. The monoisotopic (exact) mass is 349 g/mol. The van der Waals surface area contributed by atoms with Crippen molar-refractivity contribution < 1.29 is 14.3 Å². The van der Waals surface area contributed by atoms with Crippen molar-refractivity contribution in [3.8, 4) is 17.6 Å². The maximum Gasteiger partial charge on any atom is 0.263 e. The molecule has 2 N–H and O–H groups in total. The number of nitrogens with one attached hydrogen (secondary N) is 2. The van der Waals surface area contributed by atoms with Gasteiger partial charge in [0.15, 0.2) is 11.5 Å². The van der Waals surface area contributed by atoms with E-state index in [4.69, 9.17) is 9.47 Å². The molecule has 0 unspecified atom stereocenters. The van der Waals surface area contributed by atoms with E-state index in [1.54, 1.807) is 6.92 Å². The van der Waals surface area contributed by atoms with E-state index in [9.17, 15) is 10.1 Å². The van der Waals surface area contributed by atoms with Crippen molar-refractivity contribution in [1.82, 2.24) is 10.6 Å². The molecule has 3 rings (SSSR count). The lowest BCUT2D eigenvalue weighted by atomic mass is 10.1. The summed E-state index contributed by atoms with van der Waals surface area (Å²) < 4.78 is 10.6. The van der Waals surface area contributed by atoms with Gasteiger partial charge in [0.1, 0.15) is 11.6 Å². The van der Waals surface area contributed by atoms with Crippen LogP contribution in [0.15, 0.2) is 59.8 Å². The average molecular weight is 349 g/mol. The summed E-state index contributed by atoms with van der Waals surface area (Å²) >= 11 is 0. The van der Waals surface area contributed by atoms with Crippen LogP contribution in [-0.4, -0.2) is 12.7 Å². The van der Waals surface area contributed by atoms with Gasteiger partial charge >= 0.3 is 0 Å². The van der Waals surface area contributed by atoms with Crippen molar-refractivity contribution >= 4 is 5.91 Å². The van der Waals surface area contributed by atoms with Gasteiger partial charge in [-0.2, -0.15) is 5.26 Å². The standard InChI is InChI=1S/C20H19N3O3/c1-14(22-12-16-7-8-18-19(9-16)26-13-25-18)17(10-21)20(24)23-11-15-5-3-2-4-6-15/h2-9,22H,11-13H2,1H3,(H,23,24). The van der Waals surface area contributed by atoms with E-state index >= 15 is 0 Å². The van der Waals surface area contributed by atoms with Crippen LogP contribution in [0.25, 0.3) is 0 Å². The van der Waals surface area contributed by atoms with Crippen molar-refractivity contribution in [2.24, 2.45) is 0 Å². The highest BCUT2D eigenvalue weighted by atomic mass is 16.7. The van der Waals surface area contributed by atoms with Gasteiger partial charge in [0.25, 0.3) is 5.91 Å². The van der Waals surface area contributed by atoms with Crippen LogP contribution in [0.4, 0.5) is 0 Å². The number of amides is 1. The van der Waals surface area contributed by atoms with Crippen molar-refractivity contribution in [3.63, 3.8) is 0 Å². The third-order valence-corrected chi connectivity index (χ3v) is 4.00. The Hall–Kier alpha value is -3.46. The summed E-state index contributed by atoms with van der Waals surface area (Å²) in [4.78, 5) is 12.3. The highest BCUT2D eigenvalue weighted by Gasteiger charge is 2.15. The topological polar surface area (TPSA) is 83.4 Å². The van der Waals surface area contributed by atoms with Crippen LogP contribution in [-0.2, 0) is 17.9 Å². The molecule has 0 aliphatic carbocycles. The Bertz CT molecular complexity index is 870. The molecule has 6 nitrogen and oxygen atoms in total. The number of carbonyl (C=O) groups excluding carboxylic acids is 1. The molecule has 1 aliphatic rings. The number of rotatable bonds is 6. The van der Waals surface area contributed by atoms with Crippen molar-refractivity contribution in [2.45, 2.75) is 20.0 Å². The van der Waals surface area contributed by atoms with Crippen LogP contribution in [0.1, 0.15) is 18.1 Å². The predicted octanol–water partition coefficient (Wildman–Crippen LogP) is 2.62. The molecule has 132 valence electrons. The summed E-state index contributed by atoms with van der Waals surface area (Å²) in [5.41, 5.74) is 2.54. The fourth-order valence-corrected chi connectivity index (χ4v) is 2.55. The molecule has 26 heavy (non-hydrogen) atoms. The lowest BCUT2D eigenvalue weighted by Gasteiger charge is -2.10. The first-order chi connectivity index (χ1) is 12.7. The fraction of sp³-hybridized carbons (Fsp3) is 0.200. The van der Waals surface area contributed by atoms with Crippen LogP contribution >= 0.6 is 0 Å². The molecule has 0 aromatic heterocycles. The Kier molecular flexibility index (Phi) is 5.40. The van der Waals surface area contributed by atoms with Gasteiger partial charge in [-0.05, 0) is 30.2 Å². The number of nitriles is 1. The Morgan fingerprint density at radius 1 is 1.04 bits per heavy atom. The molecule has 1 amide bonds. The third-order valence-electron chi connectivity index (χ3n) is 4.00. The lowest BCUT2D eigenvalue weighted by Crippen LogP contribution is -2.27. The smallest absolute Gasteiger partial charge is 0.263 e. The van der Waals surface area contributed by atoms with Crippen LogP contribution in [0, 0.1) is 11.3 Å². The summed E-state index contributed by atoms with van der Waals surface area (Å²) in [6, 6.07) is 17.2. The van der Waals surface area contributed by atoms with E-state index in [1.807, 2.05) is 54.6 Å². The quantitative estimate of drug-likeness (QED) is 0.619. The molecule has 1 heterocycles. The maximum atomic E-state index is 12.3. The molecule has 0 atom stereocenters. The Morgan fingerprint density at radius 3 is 2.54 bits per heavy atom. The second-order valence-corrected chi connectivity index (χ2v) is 5.82. The van der Waals surface area contributed by atoms with Gasteiger partial charge in [0.05, 0.1) is 0 Å². The minimum Gasteiger partial charge on any atom is -0.454 e. The Labute approximate surface area is 152 Å². The average Bonchev–Trinajstić information content (AvgIpc) is 3.14. The van der Waals surface area contributed by atoms with Crippen LogP contribution in [0.2, 0.25) is 0 Å². The molecule has 0 saturated carbocycles. The van der Waals surface area contributed by atoms with E-state index in [-0.39, 0.29) is 12.4 Å². The number of benzene rings is 2. The van der Waals surface area contributed by atoms with Gasteiger partial charge in [0, 0.05) is 18.8 Å². The van der Waals surface area contributed by atoms with Crippen molar-refractivity contribution in [2.75, 3.05) is 6.79 Å². The molecule has 0 saturated heterocycles. The third kappa shape index (κ3) is 4.14. The largest absolute Gasteiger partial charge is 0.454 e. The van der Waals surface area contributed by atoms with E-state index in [1.165, 1.54) is 0 Å². The van der Waals surface area contributed by atoms with Crippen LogP contribution in [0.3, 0.4) is 0 Å². The summed E-state index contributed by atoms with van der Waals surface area (Å²) in [6.45, 7) is 2.79. The zero-order valence-corrected chi connectivity index (χ0v) is 14.4. The zero-order chi connectivity index (χ0) is 18.4. The van der Waals surface area contributed by atoms with Crippen molar-refractivity contribution in [1.29, 1.82) is 5.26 Å². The van der Waals surface area contributed by atoms with Crippen molar-refractivity contribution in [3.05, 3.63) is 70.9 Å². The van der Waals surface area contributed by atoms with E-state index in [0.717, 1.165) is 16.9 Å². The number of carbonyl (C=O) groups is 1. The highest BCUT2D eigenvalue weighted by molar-refractivity contribution is 5.97. The Morgan fingerprint density at radius 2 is 1.77 bits per heavy atom. The van der Waals surface area contributed by atoms with Gasteiger partial charge in [-0.1, -0.05) is 36.4 Å². The Balaban J connectivity index is 1.60. The maximum absolute atomic E-state index is 12.3. The SMILES string of the molecule is CC(NCc1ccc2c(c1)OCO2)=C(C#N)C(=O)NCc1ccccc1. The fourth-order valence-electron chi connectivity index (χ4n) is 2.55. The summed E-state index contributed by atoms with van der Waals surface area (Å²) in [5.74, 6) is 1.03. The molecule has 2 aromatic carbocycles. The van der Waals surface area contributed by atoms with E-state index < -0.39 is 5.91 Å². The normalized spacial score (nSPS) is 12.8. The second kappa shape index (κ2) is 8.08. The molecular formula is C20H19N3O3. The summed E-state index contributed by atoms with van der Waals surface area (Å²) in [7, 11) is 0. The van der Waals surface area contributed by atoms with E-state index in [2.05, 4.69) is 10.6 Å². The number of fused-ring (bicyclic) bond motifs is 1. The second-order valence-electron chi connectivity index (χ2n) is 5.82. The molecular weight excluding hydrogens is 330 g/mol. The van der Waals surface area contributed by atoms with Gasteiger partial charge in [-0.25, -0.2) is 0 Å². The predicted molar refractivity (Wildman–Crippen MR) is 96.0 cm³/mol. The van der Waals surface area contributed by atoms with E-state index in [0.29, 0.717) is 24.5 Å². The zero-order valence-electron chi connectivity index (χ0n) is 14.4.